The number of rotatable bonds is 12. The van der Waals surface area contributed by atoms with Gasteiger partial charge in [0.2, 0.25) is 0 Å². The lowest BCUT2D eigenvalue weighted by atomic mass is 9.87. The third-order valence-electron chi connectivity index (χ3n) is 4.00. The van der Waals surface area contributed by atoms with E-state index in [0.29, 0.717) is 6.92 Å². The third-order valence-corrected chi connectivity index (χ3v) is 5.05. The summed E-state index contributed by atoms with van der Waals surface area (Å²) in [6.07, 6.45) is -15.7. The zero-order valence-corrected chi connectivity index (χ0v) is 17.7. The van der Waals surface area contributed by atoms with Gasteiger partial charge < -0.3 is 4.89 Å². The van der Waals surface area contributed by atoms with Gasteiger partial charge in [-0.15, -0.1) is 0 Å². The predicted octanol–water partition coefficient (Wildman–Crippen LogP) is 7.38. The standard InChI is InChI=1S/C12H6F21O4P/c1-2-36-38(34,35)37-12(32,33)10(27,28)8(23,24)6(19,20)4(15,16)3(13,14)5(17,18)7(21,22)9(25,26)11(29,30)31/h2H2,1H3,(H,34,35). The first kappa shape index (κ1) is 36.6. The summed E-state index contributed by atoms with van der Waals surface area (Å²) in [6.45, 7) is -0.746. The topological polar surface area (TPSA) is 55.8 Å². The van der Waals surface area contributed by atoms with Crippen LogP contribution in [0.1, 0.15) is 6.92 Å². The molecule has 0 aromatic carbocycles. The van der Waals surface area contributed by atoms with Crippen molar-refractivity contribution in [1.82, 2.24) is 0 Å². The molecule has 1 atom stereocenters. The molecule has 26 heteroatoms. The van der Waals surface area contributed by atoms with Crippen molar-refractivity contribution < 1.29 is 111 Å². The molecule has 0 heterocycles. The summed E-state index contributed by atoms with van der Waals surface area (Å²) in [5.74, 6) is -72.0. The van der Waals surface area contributed by atoms with Crippen molar-refractivity contribution >= 4 is 7.82 Å². The second-order valence-corrected chi connectivity index (χ2v) is 7.97. The fourth-order valence-corrected chi connectivity index (χ4v) is 2.72. The van der Waals surface area contributed by atoms with Gasteiger partial charge in [0.15, 0.2) is 0 Å². The predicted molar refractivity (Wildman–Crippen MR) is 73.1 cm³/mol. The Hall–Kier alpha value is -1.36. The van der Waals surface area contributed by atoms with Crippen LogP contribution in [0.5, 0.6) is 0 Å². The molecule has 0 saturated heterocycles. The highest BCUT2D eigenvalue weighted by atomic mass is 31.2. The summed E-state index contributed by atoms with van der Waals surface area (Å²) in [5, 5.41) is 0. The Morgan fingerprint density at radius 1 is 0.500 bits per heavy atom. The third kappa shape index (κ3) is 4.88. The Morgan fingerprint density at radius 3 is 0.974 bits per heavy atom. The molecule has 230 valence electrons. The molecular weight excluding hydrogens is 638 g/mol. The first-order chi connectivity index (χ1) is 16.0. The monoisotopic (exact) mass is 644 g/mol. The van der Waals surface area contributed by atoms with Crippen LogP contribution in [0.4, 0.5) is 92.2 Å². The largest absolute Gasteiger partial charge is 0.477 e. The first-order valence-electron chi connectivity index (χ1n) is 8.17. The fourth-order valence-electron chi connectivity index (χ4n) is 1.94. The van der Waals surface area contributed by atoms with Gasteiger partial charge >= 0.3 is 67.5 Å². The summed E-state index contributed by atoms with van der Waals surface area (Å²) in [5.41, 5.74) is 0. The van der Waals surface area contributed by atoms with Crippen LogP contribution in [0, 0.1) is 0 Å². The summed E-state index contributed by atoms with van der Waals surface area (Å²) < 4.78 is 291. The van der Waals surface area contributed by atoms with E-state index in [1.54, 1.807) is 0 Å². The Labute approximate surface area is 193 Å². The number of hydrogen-bond donors (Lipinski definition) is 1. The lowest BCUT2D eigenvalue weighted by molar-refractivity contribution is -0.481. The minimum absolute atomic E-state index is 0.562. The molecule has 0 aromatic rings. The Kier molecular flexibility index (Phi) is 9.01. The van der Waals surface area contributed by atoms with Crippen molar-refractivity contribution in [2.24, 2.45) is 0 Å². The second-order valence-electron chi connectivity index (χ2n) is 6.59. The number of halogens is 21. The Balaban J connectivity index is 7.05. The maximum atomic E-state index is 13.5. The summed E-state index contributed by atoms with van der Waals surface area (Å²) >= 11 is 0. The number of phosphoric acid groups is 1. The van der Waals surface area contributed by atoms with Crippen LogP contribution < -0.4 is 0 Å². The molecule has 0 radical (unpaired) electrons. The molecule has 0 aromatic heterocycles. The first-order valence-corrected chi connectivity index (χ1v) is 9.66. The second kappa shape index (κ2) is 9.35. The lowest BCUT2D eigenvalue weighted by Crippen LogP contribution is -2.76. The van der Waals surface area contributed by atoms with Gasteiger partial charge in [-0.1, -0.05) is 0 Å². The van der Waals surface area contributed by atoms with Crippen molar-refractivity contribution in [3.05, 3.63) is 0 Å². The zero-order valence-electron chi connectivity index (χ0n) is 16.8. The molecule has 0 spiro atoms. The van der Waals surface area contributed by atoms with Crippen molar-refractivity contribution in [1.29, 1.82) is 0 Å². The maximum Gasteiger partial charge on any atom is 0.477 e. The molecule has 0 saturated carbocycles. The zero-order chi connectivity index (χ0) is 31.6. The number of hydrogen-bond acceptors (Lipinski definition) is 3. The van der Waals surface area contributed by atoms with Crippen molar-refractivity contribution in [3.8, 4) is 0 Å². The average Bonchev–Trinajstić information content (AvgIpc) is 2.64. The Bertz CT molecular complexity index is 908. The normalized spacial score (nSPS) is 18.0. The molecule has 0 aliphatic heterocycles. The molecular formula is C12H6F21O4P. The van der Waals surface area contributed by atoms with Crippen molar-refractivity contribution in [2.45, 2.75) is 66.6 Å². The summed E-state index contributed by atoms with van der Waals surface area (Å²) in [7, 11) is -6.74. The minimum Gasteiger partial charge on any atom is -0.302 e. The molecule has 0 fully saturated rings. The van der Waals surface area contributed by atoms with Gasteiger partial charge in [0.05, 0.1) is 6.61 Å². The highest BCUT2D eigenvalue weighted by Gasteiger charge is 2.98. The molecule has 38 heavy (non-hydrogen) atoms. The molecule has 1 N–H and O–H groups in total. The van der Waals surface area contributed by atoms with Gasteiger partial charge in [-0.3, -0.25) is 4.52 Å². The van der Waals surface area contributed by atoms with Crippen LogP contribution in [-0.2, 0) is 13.6 Å². The van der Waals surface area contributed by atoms with Crippen LogP contribution >= 0.6 is 7.82 Å². The van der Waals surface area contributed by atoms with Crippen LogP contribution in [0.25, 0.3) is 0 Å². The van der Waals surface area contributed by atoms with Gasteiger partial charge in [-0.2, -0.15) is 92.2 Å². The molecule has 0 bridgehead atoms. The SMILES string of the molecule is CCOP(=O)(O)OC(F)(F)C(F)(F)C(F)(F)C(F)(F)C(F)(F)C(F)(F)C(F)(F)C(F)(F)C(F)(F)C(F)(F)F. The van der Waals surface area contributed by atoms with E-state index in [9.17, 15) is 96.8 Å². The quantitative estimate of drug-likeness (QED) is 0.178. The van der Waals surface area contributed by atoms with E-state index < -0.39 is 74.1 Å². The summed E-state index contributed by atoms with van der Waals surface area (Å²) in [6, 6.07) is 0. The van der Waals surface area contributed by atoms with E-state index in [1.807, 2.05) is 0 Å². The van der Waals surface area contributed by atoms with E-state index in [2.05, 4.69) is 9.05 Å². The minimum atomic E-state index is -9.32. The maximum absolute atomic E-state index is 13.5. The fraction of sp³-hybridized carbons (Fsp3) is 1.00. The molecule has 0 amide bonds. The van der Waals surface area contributed by atoms with E-state index in [1.165, 1.54) is 0 Å². The molecule has 0 aliphatic carbocycles. The molecule has 0 rings (SSSR count). The van der Waals surface area contributed by atoms with Gasteiger partial charge in [0.25, 0.3) is 0 Å². The van der Waals surface area contributed by atoms with Gasteiger partial charge in [0.1, 0.15) is 0 Å². The van der Waals surface area contributed by atoms with Gasteiger partial charge in [-0.25, -0.2) is 9.09 Å². The highest BCUT2D eigenvalue weighted by Crippen LogP contribution is 2.67. The lowest BCUT2D eigenvalue weighted by Gasteiger charge is -2.44. The number of alkyl halides is 21. The van der Waals surface area contributed by atoms with E-state index >= 15 is 0 Å². The van der Waals surface area contributed by atoms with E-state index in [4.69, 9.17) is 4.89 Å². The molecule has 1 unspecified atom stereocenters. The highest BCUT2D eigenvalue weighted by molar-refractivity contribution is 7.47. The van der Waals surface area contributed by atoms with Crippen LogP contribution in [0.2, 0.25) is 0 Å². The van der Waals surface area contributed by atoms with Crippen molar-refractivity contribution in [3.63, 3.8) is 0 Å². The van der Waals surface area contributed by atoms with Gasteiger partial charge in [-0.05, 0) is 6.92 Å². The van der Waals surface area contributed by atoms with Crippen LogP contribution in [0.15, 0.2) is 0 Å². The Morgan fingerprint density at radius 2 is 0.737 bits per heavy atom. The van der Waals surface area contributed by atoms with E-state index in [0.717, 1.165) is 0 Å². The number of phosphoric ester groups is 1. The molecule has 4 nitrogen and oxygen atoms in total. The van der Waals surface area contributed by atoms with Crippen molar-refractivity contribution in [2.75, 3.05) is 6.61 Å². The van der Waals surface area contributed by atoms with Gasteiger partial charge in [0, 0.05) is 0 Å². The molecule has 0 aliphatic rings. The smallest absolute Gasteiger partial charge is 0.302 e. The average molecular weight is 644 g/mol. The van der Waals surface area contributed by atoms with Crippen LogP contribution in [0.3, 0.4) is 0 Å². The van der Waals surface area contributed by atoms with E-state index in [-0.39, 0.29) is 0 Å². The van der Waals surface area contributed by atoms with Crippen LogP contribution in [-0.4, -0.2) is 71.2 Å². The summed E-state index contributed by atoms with van der Waals surface area (Å²) in [4.78, 5) is 8.56.